The first kappa shape index (κ1) is 19.5. The number of aromatic nitrogens is 4. The summed E-state index contributed by atoms with van der Waals surface area (Å²) in [7, 11) is 0. The smallest absolute Gasteiger partial charge is 0.270 e. The molecule has 2 aromatic heterocycles. The van der Waals surface area contributed by atoms with Gasteiger partial charge in [-0.3, -0.25) is 14.9 Å². The minimum absolute atomic E-state index is 0.0139. The van der Waals surface area contributed by atoms with Crippen LogP contribution in [0.3, 0.4) is 0 Å². The van der Waals surface area contributed by atoms with E-state index in [4.69, 9.17) is 0 Å². The molecule has 0 radical (unpaired) electrons. The van der Waals surface area contributed by atoms with Crippen molar-refractivity contribution < 1.29 is 14.1 Å². The van der Waals surface area contributed by atoms with Gasteiger partial charge in [0.25, 0.3) is 5.69 Å². The van der Waals surface area contributed by atoms with Gasteiger partial charge in [-0.2, -0.15) is 9.61 Å². The molecule has 150 valence electrons. The molecule has 0 saturated heterocycles. The van der Waals surface area contributed by atoms with Crippen LogP contribution in [-0.4, -0.2) is 36.4 Å². The highest BCUT2D eigenvalue weighted by Gasteiger charge is 2.13. The molecule has 0 atom stereocenters. The van der Waals surface area contributed by atoms with Crippen LogP contribution >= 0.6 is 11.8 Å². The van der Waals surface area contributed by atoms with Crippen molar-refractivity contribution in [1.82, 2.24) is 19.8 Å². The minimum atomic E-state index is -0.473. The van der Waals surface area contributed by atoms with Crippen LogP contribution in [0.1, 0.15) is 0 Å². The normalized spacial score (nSPS) is 10.8. The number of rotatable bonds is 6. The van der Waals surface area contributed by atoms with Crippen molar-refractivity contribution >= 4 is 34.7 Å². The molecule has 0 unspecified atom stereocenters. The molecule has 0 aliphatic carbocycles. The second-order valence-corrected chi connectivity index (χ2v) is 7.07. The Kier molecular flexibility index (Phi) is 5.35. The summed E-state index contributed by atoms with van der Waals surface area (Å²) in [6, 6.07) is 15.1. The number of carbonyl (C=O) groups excluding carboxylic acids is 1. The highest BCUT2D eigenvalue weighted by Crippen LogP contribution is 2.24. The van der Waals surface area contributed by atoms with E-state index in [1.165, 1.54) is 34.8 Å². The van der Waals surface area contributed by atoms with Crippen LogP contribution in [0.5, 0.6) is 0 Å². The lowest BCUT2D eigenvalue weighted by Crippen LogP contribution is -2.14. The van der Waals surface area contributed by atoms with Gasteiger partial charge in [0.15, 0.2) is 5.65 Å². The van der Waals surface area contributed by atoms with Crippen LogP contribution in [0.15, 0.2) is 65.8 Å². The Bertz CT molecular complexity index is 1260. The molecule has 2 heterocycles. The van der Waals surface area contributed by atoms with Gasteiger partial charge in [0.05, 0.1) is 16.4 Å². The number of hydrogen-bond donors (Lipinski definition) is 1. The van der Waals surface area contributed by atoms with Gasteiger partial charge < -0.3 is 5.32 Å². The molecule has 0 spiro atoms. The molecule has 11 heteroatoms. The van der Waals surface area contributed by atoms with Crippen molar-refractivity contribution in [3.63, 3.8) is 0 Å². The maximum Gasteiger partial charge on any atom is 0.270 e. The van der Waals surface area contributed by atoms with E-state index in [-0.39, 0.29) is 17.3 Å². The number of non-ortho nitro benzene ring substituents is 1. The predicted octanol–water partition coefficient (Wildman–Crippen LogP) is 3.57. The Morgan fingerprint density at radius 1 is 1.13 bits per heavy atom. The van der Waals surface area contributed by atoms with Gasteiger partial charge in [-0.05, 0) is 30.3 Å². The molecule has 0 aliphatic heterocycles. The summed E-state index contributed by atoms with van der Waals surface area (Å²) in [5.41, 5.74) is 1.86. The van der Waals surface area contributed by atoms with E-state index in [0.29, 0.717) is 27.7 Å². The number of benzene rings is 2. The first-order valence-corrected chi connectivity index (χ1v) is 9.64. The Morgan fingerprint density at radius 2 is 1.97 bits per heavy atom. The van der Waals surface area contributed by atoms with Gasteiger partial charge in [-0.25, -0.2) is 4.39 Å². The van der Waals surface area contributed by atoms with Gasteiger partial charge in [-0.15, -0.1) is 10.2 Å². The van der Waals surface area contributed by atoms with Crippen LogP contribution in [0.25, 0.3) is 16.9 Å². The summed E-state index contributed by atoms with van der Waals surface area (Å²) in [6.07, 6.45) is 0. The first-order chi connectivity index (χ1) is 14.5. The van der Waals surface area contributed by atoms with Gasteiger partial charge in [-0.1, -0.05) is 30.0 Å². The maximum absolute atomic E-state index is 13.2. The Balaban J connectivity index is 1.52. The number of halogens is 1. The van der Waals surface area contributed by atoms with Crippen LogP contribution in [0.4, 0.5) is 15.8 Å². The van der Waals surface area contributed by atoms with E-state index < -0.39 is 10.7 Å². The lowest BCUT2D eigenvalue weighted by atomic mass is 10.1. The maximum atomic E-state index is 13.2. The number of carbonyl (C=O) groups is 1. The second-order valence-electron chi connectivity index (χ2n) is 6.13. The van der Waals surface area contributed by atoms with Gasteiger partial charge in [0.2, 0.25) is 11.1 Å². The average molecular weight is 424 g/mol. The molecule has 9 nitrogen and oxygen atoms in total. The zero-order valence-electron chi connectivity index (χ0n) is 15.2. The van der Waals surface area contributed by atoms with Gasteiger partial charge >= 0.3 is 0 Å². The van der Waals surface area contributed by atoms with Crippen LogP contribution in [0, 0.1) is 15.9 Å². The SMILES string of the molecule is O=C(CSc1nnc2ccc(-c3cccc([N+](=O)[O-])c3)nn12)Nc1cccc(F)c1. The number of anilines is 1. The molecule has 0 aliphatic rings. The third-order valence-corrected chi connectivity index (χ3v) is 4.95. The quantitative estimate of drug-likeness (QED) is 0.286. The number of nitrogens with one attached hydrogen (secondary N) is 1. The molecule has 1 amide bonds. The lowest BCUT2D eigenvalue weighted by Gasteiger charge is -2.05. The highest BCUT2D eigenvalue weighted by molar-refractivity contribution is 7.99. The fraction of sp³-hybridized carbons (Fsp3) is 0.0526. The number of fused-ring (bicyclic) bond motifs is 1. The molecule has 4 aromatic rings. The van der Waals surface area contributed by atoms with E-state index in [0.717, 1.165) is 11.8 Å². The van der Waals surface area contributed by atoms with Crippen LogP contribution < -0.4 is 5.32 Å². The first-order valence-electron chi connectivity index (χ1n) is 8.65. The average Bonchev–Trinajstić information content (AvgIpc) is 3.14. The summed E-state index contributed by atoms with van der Waals surface area (Å²) in [5, 5.41) is 26.5. The lowest BCUT2D eigenvalue weighted by molar-refractivity contribution is -0.384. The van der Waals surface area contributed by atoms with Gasteiger partial charge in [0.1, 0.15) is 5.82 Å². The van der Waals surface area contributed by atoms with Crippen molar-refractivity contribution in [1.29, 1.82) is 0 Å². The topological polar surface area (TPSA) is 115 Å². The highest BCUT2D eigenvalue weighted by atomic mass is 32.2. The van der Waals surface area contributed by atoms with E-state index in [2.05, 4.69) is 20.6 Å². The largest absolute Gasteiger partial charge is 0.325 e. The minimum Gasteiger partial charge on any atom is -0.325 e. The summed E-state index contributed by atoms with van der Waals surface area (Å²) in [4.78, 5) is 22.7. The van der Waals surface area contributed by atoms with Crippen molar-refractivity contribution in [3.8, 4) is 11.3 Å². The zero-order chi connectivity index (χ0) is 21.1. The fourth-order valence-electron chi connectivity index (χ4n) is 2.69. The van der Waals surface area contributed by atoms with Crippen molar-refractivity contribution in [2.45, 2.75) is 5.16 Å². The predicted molar refractivity (Wildman–Crippen MR) is 109 cm³/mol. The molecular formula is C19H13FN6O3S. The summed E-state index contributed by atoms with van der Waals surface area (Å²) >= 11 is 1.11. The number of amides is 1. The second kappa shape index (κ2) is 8.25. The van der Waals surface area contributed by atoms with Crippen molar-refractivity contribution in [3.05, 3.63) is 76.6 Å². The van der Waals surface area contributed by atoms with Crippen molar-refractivity contribution in [2.75, 3.05) is 11.1 Å². The molecule has 2 aromatic carbocycles. The molecule has 0 fully saturated rings. The molecule has 30 heavy (non-hydrogen) atoms. The van der Waals surface area contributed by atoms with Crippen LogP contribution in [-0.2, 0) is 4.79 Å². The van der Waals surface area contributed by atoms with Gasteiger partial charge in [0, 0.05) is 23.4 Å². The molecule has 1 N–H and O–H groups in total. The number of nitrogens with zero attached hydrogens (tertiary/aromatic N) is 5. The Morgan fingerprint density at radius 3 is 2.77 bits per heavy atom. The molecular weight excluding hydrogens is 411 g/mol. The number of hydrogen-bond acceptors (Lipinski definition) is 7. The fourth-order valence-corrected chi connectivity index (χ4v) is 3.37. The monoisotopic (exact) mass is 424 g/mol. The van der Waals surface area contributed by atoms with E-state index >= 15 is 0 Å². The summed E-state index contributed by atoms with van der Waals surface area (Å²) in [6.45, 7) is 0. The Labute approximate surface area is 173 Å². The van der Waals surface area contributed by atoms with E-state index in [9.17, 15) is 19.3 Å². The Hall–Kier alpha value is -3.86. The third-order valence-electron chi connectivity index (χ3n) is 4.03. The summed E-state index contributed by atoms with van der Waals surface area (Å²) < 4.78 is 14.7. The molecule has 4 rings (SSSR count). The molecule has 0 bridgehead atoms. The number of thioether (sulfide) groups is 1. The molecule has 0 saturated carbocycles. The van der Waals surface area contributed by atoms with E-state index in [1.54, 1.807) is 30.3 Å². The van der Waals surface area contributed by atoms with E-state index in [1.807, 2.05) is 0 Å². The van der Waals surface area contributed by atoms with Crippen molar-refractivity contribution in [2.24, 2.45) is 0 Å². The number of nitro benzene ring substituents is 1. The summed E-state index contributed by atoms with van der Waals surface area (Å²) in [5.74, 6) is -0.765. The standard InChI is InChI=1S/C19H13FN6O3S/c20-13-4-2-5-14(10-13)21-18(27)11-30-19-23-22-17-8-7-16(24-25(17)19)12-3-1-6-15(9-12)26(28)29/h1-10H,11H2,(H,21,27). The zero-order valence-corrected chi connectivity index (χ0v) is 16.0. The number of nitro groups is 1. The third kappa shape index (κ3) is 4.25. The van der Waals surface area contributed by atoms with Crippen LogP contribution in [0.2, 0.25) is 0 Å².